The summed E-state index contributed by atoms with van der Waals surface area (Å²) >= 11 is 0. The number of carbonyl (C=O) groups is 1. The Balaban J connectivity index is 1.73. The Labute approximate surface area is 114 Å². The summed E-state index contributed by atoms with van der Waals surface area (Å²) in [4.78, 5) is 16.3. The molecule has 0 radical (unpaired) electrons. The second-order valence-corrected chi connectivity index (χ2v) is 5.02. The lowest BCUT2D eigenvalue weighted by Gasteiger charge is -2.37. The fourth-order valence-electron chi connectivity index (χ4n) is 2.31. The van der Waals surface area contributed by atoms with Crippen LogP contribution in [-0.2, 0) is 6.54 Å². The normalized spacial score (nSPS) is 18.3. The van der Waals surface area contributed by atoms with Gasteiger partial charge in [-0.1, -0.05) is 6.92 Å². The molecular formula is C14H23N3O2. The highest BCUT2D eigenvalue weighted by Gasteiger charge is 2.23. The van der Waals surface area contributed by atoms with Gasteiger partial charge < -0.3 is 14.6 Å². The molecule has 1 aromatic heterocycles. The lowest BCUT2D eigenvalue weighted by molar-refractivity contribution is 0.112. The van der Waals surface area contributed by atoms with Gasteiger partial charge in [0.2, 0.25) is 0 Å². The summed E-state index contributed by atoms with van der Waals surface area (Å²) in [5, 5.41) is 2.89. The second kappa shape index (κ2) is 6.61. The minimum atomic E-state index is 0.000187. The molecular weight excluding hydrogens is 242 g/mol. The van der Waals surface area contributed by atoms with Gasteiger partial charge in [-0.05, 0) is 25.5 Å². The lowest BCUT2D eigenvalue weighted by Crippen LogP contribution is -2.53. The van der Waals surface area contributed by atoms with Crippen LogP contribution in [-0.4, -0.2) is 48.1 Å². The Morgan fingerprint density at radius 2 is 2.16 bits per heavy atom. The van der Waals surface area contributed by atoms with E-state index in [9.17, 15) is 4.79 Å². The molecule has 0 aliphatic carbocycles. The van der Waals surface area contributed by atoms with Crippen LogP contribution < -0.4 is 5.32 Å². The first kappa shape index (κ1) is 13.9. The van der Waals surface area contributed by atoms with Crippen molar-refractivity contribution < 1.29 is 9.21 Å². The fraction of sp³-hybridized carbons (Fsp3) is 0.643. The van der Waals surface area contributed by atoms with Gasteiger partial charge in [-0.25, -0.2) is 4.79 Å². The molecule has 1 unspecified atom stereocenters. The van der Waals surface area contributed by atoms with E-state index in [1.54, 1.807) is 6.26 Å². The topological polar surface area (TPSA) is 48.7 Å². The van der Waals surface area contributed by atoms with Gasteiger partial charge in [0.1, 0.15) is 5.76 Å². The first-order chi connectivity index (χ1) is 9.20. The van der Waals surface area contributed by atoms with Crippen molar-refractivity contribution in [3.63, 3.8) is 0 Å². The number of urea groups is 1. The summed E-state index contributed by atoms with van der Waals surface area (Å²) in [6.07, 6.45) is 2.77. The summed E-state index contributed by atoms with van der Waals surface area (Å²) in [5.74, 6) is 0.784. The van der Waals surface area contributed by atoms with Crippen molar-refractivity contribution in [2.45, 2.75) is 32.9 Å². The molecule has 1 aliphatic heterocycles. The van der Waals surface area contributed by atoms with Crippen LogP contribution in [0.3, 0.4) is 0 Å². The Bertz CT molecular complexity index is 383. The van der Waals surface area contributed by atoms with Crippen molar-refractivity contribution >= 4 is 6.03 Å². The number of piperazine rings is 1. The number of amides is 2. The number of carbonyl (C=O) groups excluding carboxylic acids is 1. The average Bonchev–Trinajstić information content (AvgIpc) is 2.97. The fourth-order valence-corrected chi connectivity index (χ4v) is 2.31. The molecule has 2 rings (SSSR count). The minimum Gasteiger partial charge on any atom is -0.467 e. The van der Waals surface area contributed by atoms with Gasteiger partial charge in [-0.2, -0.15) is 0 Å². The summed E-state index contributed by atoms with van der Waals surface area (Å²) < 4.78 is 5.19. The van der Waals surface area contributed by atoms with E-state index in [1.165, 1.54) is 0 Å². The third-order valence-corrected chi connectivity index (χ3v) is 3.81. The largest absolute Gasteiger partial charge is 0.467 e. The first-order valence-electron chi connectivity index (χ1n) is 7.00. The molecule has 1 N–H and O–H groups in total. The summed E-state index contributed by atoms with van der Waals surface area (Å²) in [6.45, 7) is 8.42. The van der Waals surface area contributed by atoms with Gasteiger partial charge in [-0.3, -0.25) is 4.90 Å². The van der Waals surface area contributed by atoms with Crippen LogP contribution in [0.1, 0.15) is 26.0 Å². The smallest absolute Gasteiger partial charge is 0.317 e. The maximum absolute atomic E-state index is 12.0. The highest BCUT2D eigenvalue weighted by molar-refractivity contribution is 5.74. The van der Waals surface area contributed by atoms with Gasteiger partial charge in [0.25, 0.3) is 0 Å². The molecule has 1 aliphatic rings. The molecule has 5 nitrogen and oxygen atoms in total. The molecule has 1 aromatic rings. The molecule has 19 heavy (non-hydrogen) atoms. The quantitative estimate of drug-likeness (QED) is 0.904. The van der Waals surface area contributed by atoms with E-state index >= 15 is 0 Å². The van der Waals surface area contributed by atoms with E-state index in [0.29, 0.717) is 12.6 Å². The standard InChI is InChI=1S/C14H23N3O2/c1-3-12(2)16-6-8-17(9-7-16)14(18)15-11-13-5-4-10-19-13/h4-5,10,12H,3,6-9,11H2,1-2H3,(H,15,18). The molecule has 0 spiro atoms. The van der Waals surface area contributed by atoms with Gasteiger partial charge in [0, 0.05) is 32.2 Å². The highest BCUT2D eigenvalue weighted by atomic mass is 16.3. The lowest BCUT2D eigenvalue weighted by atomic mass is 10.2. The van der Waals surface area contributed by atoms with E-state index < -0.39 is 0 Å². The Morgan fingerprint density at radius 1 is 1.42 bits per heavy atom. The Kier molecular flexibility index (Phi) is 4.85. The van der Waals surface area contributed by atoms with Crippen molar-refractivity contribution in [1.82, 2.24) is 15.1 Å². The average molecular weight is 265 g/mol. The Hall–Kier alpha value is -1.49. The molecule has 106 valence electrons. The van der Waals surface area contributed by atoms with Crippen LogP contribution in [0.25, 0.3) is 0 Å². The number of nitrogens with zero attached hydrogens (tertiary/aromatic N) is 2. The zero-order valence-electron chi connectivity index (χ0n) is 11.8. The van der Waals surface area contributed by atoms with Crippen LogP contribution in [0.15, 0.2) is 22.8 Å². The molecule has 1 atom stereocenters. The molecule has 0 aromatic carbocycles. The van der Waals surface area contributed by atoms with Gasteiger partial charge in [-0.15, -0.1) is 0 Å². The van der Waals surface area contributed by atoms with E-state index in [4.69, 9.17) is 4.42 Å². The number of rotatable bonds is 4. The molecule has 5 heteroatoms. The molecule has 1 saturated heterocycles. The zero-order chi connectivity index (χ0) is 13.7. The number of hydrogen-bond acceptors (Lipinski definition) is 3. The summed E-state index contributed by atoms with van der Waals surface area (Å²) in [7, 11) is 0. The van der Waals surface area contributed by atoms with E-state index in [0.717, 1.165) is 38.4 Å². The maximum atomic E-state index is 12.0. The van der Waals surface area contributed by atoms with Gasteiger partial charge >= 0.3 is 6.03 Å². The van der Waals surface area contributed by atoms with Crippen LogP contribution in [0.2, 0.25) is 0 Å². The van der Waals surface area contributed by atoms with Crippen molar-refractivity contribution in [2.75, 3.05) is 26.2 Å². The van der Waals surface area contributed by atoms with Crippen LogP contribution >= 0.6 is 0 Å². The Morgan fingerprint density at radius 3 is 2.74 bits per heavy atom. The molecule has 2 amide bonds. The van der Waals surface area contributed by atoms with Gasteiger partial charge in [0.05, 0.1) is 12.8 Å². The van der Waals surface area contributed by atoms with Crippen molar-refractivity contribution in [3.8, 4) is 0 Å². The van der Waals surface area contributed by atoms with E-state index in [1.807, 2.05) is 17.0 Å². The SMILES string of the molecule is CCC(C)N1CCN(C(=O)NCc2ccco2)CC1. The molecule has 1 fully saturated rings. The monoisotopic (exact) mass is 265 g/mol. The second-order valence-electron chi connectivity index (χ2n) is 5.02. The van der Waals surface area contributed by atoms with Crippen LogP contribution in [0, 0.1) is 0 Å². The highest BCUT2D eigenvalue weighted by Crippen LogP contribution is 2.09. The maximum Gasteiger partial charge on any atom is 0.317 e. The molecule has 2 heterocycles. The van der Waals surface area contributed by atoms with E-state index in [-0.39, 0.29) is 6.03 Å². The molecule has 0 saturated carbocycles. The number of nitrogens with one attached hydrogen (secondary N) is 1. The minimum absolute atomic E-state index is 0.000187. The van der Waals surface area contributed by atoms with Crippen LogP contribution in [0.4, 0.5) is 4.79 Å². The van der Waals surface area contributed by atoms with Crippen molar-refractivity contribution in [3.05, 3.63) is 24.2 Å². The third-order valence-electron chi connectivity index (χ3n) is 3.81. The van der Waals surface area contributed by atoms with Crippen molar-refractivity contribution in [2.24, 2.45) is 0 Å². The summed E-state index contributed by atoms with van der Waals surface area (Å²) in [6, 6.07) is 4.29. The third kappa shape index (κ3) is 3.73. The summed E-state index contributed by atoms with van der Waals surface area (Å²) in [5.41, 5.74) is 0. The zero-order valence-corrected chi connectivity index (χ0v) is 11.8. The predicted octanol–water partition coefficient (Wildman–Crippen LogP) is 1.91. The predicted molar refractivity (Wildman–Crippen MR) is 73.8 cm³/mol. The number of furan rings is 1. The van der Waals surface area contributed by atoms with Crippen molar-refractivity contribution in [1.29, 1.82) is 0 Å². The first-order valence-corrected chi connectivity index (χ1v) is 7.00. The van der Waals surface area contributed by atoms with Crippen LogP contribution in [0.5, 0.6) is 0 Å². The van der Waals surface area contributed by atoms with E-state index in [2.05, 4.69) is 24.1 Å². The molecule has 0 bridgehead atoms. The number of hydrogen-bond donors (Lipinski definition) is 1. The van der Waals surface area contributed by atoms with Gasteiger partial charge in [0.15, 0.2) is 0 Å².